The number of fused-ring (bicyclic) bond motifs is 1. The zero-order valence-electron chi connectivity index (χ0n) is 8.46. The first kappa shape index (κ1) is 8.49. The third-order valence-electron chi connectivity index (χ3n) is 2.48. The fourth-order valence-corrected chi connectivity index (χ4v) is 1.81. The second-order valence-electron chi connectivity index (χ2n) is 4.58. The van der Waals surface area contributed by atoms with Gasteiger partial charge in [-0.05, 0) is 22.6 Å². The topological polar surface area (TPSA) is 12.9 Å². The minimum atomic E-state index is 0.224. The monoisotopic (exact) mass is 173 g/mol. The molecule has 1 heterocycles. The molecular formula is C12H15N. The van der Waals surface area contributed by atoms with Crippen LogP contribution in [0.1, 0.15) is 37.6 Å². The summed E-state index contributed by atoms with van der Waals surface area (Å²) in [4.78, 5) is 4.37. The average molecular weight is 173 g/mol. The molecule has 0 aromatic carbocycles. The van der Waals surface area contributed by atoms with Crippen molar-refractivity contribution in [1.82, 2.24) is 4.98 Å². The number of aromatic nitrogens is 1. The lowest BCUT2D eigenvalue weighted by Crippen LogP contribution is -2.13. The van der Waals surface area contributed by atoms with E-state index in [4.69, 9.17) is 0 Å². The second kappa shape index (κ2) is 2.69. The van der Waals surface area contributed by atoms with Crippen LogP contribution in [-0.2, 0) is 11.8 Å². The predicted molar refractivity (Wildman–Crippen MR) is 55.7 cm³/mol. The fourth-order valence-electron chi connectivity index (χ4n) is 1.81. The van der Waals surface area contributed by atoms with Crippen molar-refractivity contribution < 1.29 is 0 Å². The van der Waals surface area contributed by atoms with E-state index >= 15 is 0 Å². The molecule has 0 amide bonds. The Labute approximate surface area is 79.5 Å². The van der Waals surface area contributed by atoms with Crippen molar-refractivity contribution in [2.45, 2.75) is 32.6 Å². The first-order chi connectivity index (χ1) is 6.09. The van der Waals surface area contributed by atoms with Gasteiger partial charge in [-0.1, -0.05) is 32.9 Å². The highest BCUT2D eigenvalue weighted by atomic mass is 14.7. The van der Waals surface area contributed by atoms with Crippen molar-refractivity contribution in [2.75, 3.05) is 0 Å². The Morgan fingerprint density at radius 3 is 2.77 bits per heavy atom. The standard InChI is InChI=1S/C12H15N/c1-12(2,3)10-7-8-13-11-6-4-5-9(10)11/h4-5,7-8H,6H2,1-3H3. The van der Waals surface area contributed by atoms with Gasteiger partial charge in [0, 0.05) is 12.6 Å². The van der Waals surface area contributed by atoms with Crippen molar-refractivity contribution >= 4 is 6.08 Å². The quantitative estimate of drug-likeness (QED) is 0.587. The summed E-state index contributed by atoms with van der Waals surface area (Å²) >= 11 is 0. The van der Waals surface area contributed by atoms with Crippen LogP contribution < -0.4 is 0 Å². The maximum atomic E-state index is 4.37. The van der Waals surface area contributed by atoms with Crippen LogP contribution in [0.25, 0.3) is 6.08 Å². The Morgan fingerprint density at radius 1 is 1.31 bits per heavy atom. The fraction of sp³-hybridized carbons (Fsp3) is 0.417. The molecule has 0 saturated carbocycles. The molecule has 0 bridgehead atoms. The predicted octanol–water partition coefficient (Wildman–Crippen LogP) is 2.95. The molecule has 2 rings (SSSR count). The van der Waals surface area contributed by atoms with Gasteiger partial charge in [0.05, 0.1) is 5.69 Å². The molecule has 0 fully saturated rings. The molecule has 1 aliphatic rings. The molecule has 1 aliphatic carbocycles. The number of nitrogens with zero attached hydrogens (tertiary/aromatic N) is 1. The Kier molecular flexibility index (Phi) is 1.76. The molecule has 68 valence electrons. The Hall–Kier alpha value is -1.11. The van der Waals surface area contributed by atoms with Crippen LogP contribution in [0.5, 0.6) is 0 Å². The molecule has 1 heteroatoms. The van der Waals surface area contributed by atoms with E-state index in [0.717, 1.165) is 6.42 Å². The molecule has 0 unspecified atom stereocenters. The number of allylic oxidation sites excluding steroid dienone is 1. The molecule has 1 nitrogen and oxygen atoms in total. The van der Waals surface area contributed by atoms with Gasteiger partial charge in [-0.25, -0.2) is 0 Å². The third kappa shape index (κ3) is 1.39. The molecule has 13 heavy (non-hydrogen) atoms. The lowest BCUT2D eigenvalue weighted by molar-refractivity contribution is 0.587. The summed E-state index contributed by atoms with van der Waals surface area (Å²) in [6, 6.07) is 2.13. The van der Waals surface area contributed by atoms with Gasteiger partial charge in [-0.2, -0.15) is 0 Å². The molecule has 0 saturated heterocycles. The van der Waals surface area contributed by atoms with Crippen molar-refractivity contribution in [3.05, 3.63) is 35.2 Å². The minimum Gasteiger partial charge on any atom is -0.260 e. The van der Waals surface area contributed by atoms with Crippen LogP contribution in [0.2, 0.25) is 0 Å². The smallest absolute Gasteiger partial charge is 0.0516 e. The van der Waals surface area contributed by atoms with E-state index in [2.05, 4.69) is 44.0 Å². The highest BCUT2D eigenvalue weighted by Crippen LogP contribution is 2.30. The van der Waals surface area contributed by atoms with Crippen LogP contribution in [0, 0.1) is 0 Å². The summed E-state index contributed by atoms with van der Waals surface area (Å²) in [7, 11) is 0. The molecule has 0 spiro atoms. The maximum Gasteiger partial charge on any atom is 0.0516 e. The summed E-state index contributed by atoms with van der Waals surface area (Å²) in [6.07, 6.45) is 7.31. The first-order valence-electron chi connectivity index (χ1n) is 4.74. The van der Waals surface area contributed by atoms with Crippen LogP contribution in [-0.4, -0.2) is 4.98 Å². The summed E-state index contributed by atoms with van der Waals surface area (Å²) in [5.41, 5.74) is 4.20. The molecule has 1 aromatic rings. The van der Waals surface area contributed by atoms with E-state index in [1.807, 2.05) is 6.20 Å². The number of hydrogen-bond acceptors (Lipinski definition) is 1. The summed E-state index contributed by atoms with van der Waals surface area (Å²) in [5, 5.41) is 0. The average Bonchev–Trinajstić information content (AvgIpc) is 2.48. The molecule has 0 atom stereocenters. The van der Waals surface area contributed by atoms with Gasteiger partial charge in [0.2, 0.25) is 0 Å². The Balaban J connectivity index is 2.59. The number of pyridine rings is 1. The number of rotatable bonds is 0. The normalized spacial score (nSPS) is 14.7. The molecular weight excluding hydrogens is 158 g/mol. The first-order valence-corrected chi connectivity index (χ1v) is 4.74. The van der Waals surface area contributed by atoms with E-state index in [9.17, 15) is 0 Å². The van der Waals surface area contributed by atoms with Crippen LogP contribution in [0.3, 0.4) is 0 Å². The zero-order valence-corrected chi connectivity index (χ0v) is 8.46. The molecule has 1 aromatic heterocycles. The van der Waals surface area contributed by atoms with E-state index in [-0.39, 0.29) is 5.41 Å². The molecule has 0 N–H and O–H groups in total. The van der Waals surface area contributed by atoms with Crippen molar-refractivity contribution in [2.24, 2.45) is 0 Å². The number of hydrogen-bond donors (Lipinski definition) is 0. The van der Waals surface area contributed by atoms with Gasteiger partial charge in [0.25, 0.3) is 0 Å². The summed E-state index contributed by atoms with van der Waals surface area (Å²) in [5.74, 6) is 0. The van der Waals surface area contributed by atoms with Gasteiger partial charge in [-0.15, -0.1) is 0 Å². The van der Waals surface area contributed by atoms with E-state index in [0.29, 0.717) is 0 Å². The van der Waals surface area contributed by atoms with Gasteiger partial charge in [-0.3, -0.25) is 4.98 Å². The largest absolute Gasteiger partial charge is 0.260 e. The highest BCUT2D eigenvalue weighted by molar-refractivity contribution is 5.62. The summed E-state index contributed by atoms with van der Waals surface area (Å²) < 4.78 is 0. The second-order valence-corrected chi connectivity index (χ2v) is 4.58. The van der Waals surface area contributed by atoms with Crippen molar-refractivity contribution in [3.8, 4) is 0 Å². The van der Waals surface area contributed by atoms with E-state index in [1.165, 1.54) is 16.8 Å². The Morgan fingerprint density at radius 2 is 2.08 bits per heavy atom. The highest BCUT2D eigenvalue weighted by Gasteiger charge is 2.20. The molecule has 0 aliphatic heterocycles. The van der Waals surface area contributed by atoms with E-state index in [1.54, 1.807) is 0 Å². The van der Waals surface area contributed by atoms with Gasteiger partial charge < -0.3 is 0 Å². The summed E-state index contributed by atoms with van der Waals surface area (Å²) in [6.45, 7) is 6.73. The SMILES string of the molecule is CC(C)(C)c1ccnc2c1C=CC2. The minimum absolute atomic E-state index is 0.224. The van der Waals surface area contributed by atoms with Crippen molar-refractivity contribution in [1.29, 1.82) is 0 Å². The van der Waals surface area contributed by atoms with Crippen LogP contribution in [0.4, 0.5) is 0 Å². The van der Waals surface area contributed by atoms with Crippen LogP contribution >= 0.6 is 0 Å². The lowest BCUT2D eigenvalue weighted by atomic mass is 9.84. The van der Waals surface area contributed by atoms with Crippen LogP contribution in [0.15, 0.2) is 18.3 Å². The Bertz CT molecular complexity index is 356. The zero-order chi connectivity index (χ0) is 9.47. The van der Waals surface area contributed by atoms with Gasteiger partial charge in [0.1, 0.15) is 0 Å². The lowest BCUT2D eigenvalue weighted by Gasteiger charge is -2.21. The maximum absolute atomic E-state index is 4.37. The van der Waals surface area contributed by atoms with Gasteiger partial charge >= 0.3 is 0 Å². The van der Waals surface area contributed by atoms with Gasteiger partial charge in [0.15, 0.2) is 0 Å². The van der Waals surface area contributed by atoms with E-state index < -0.39 is 0 Å². The van der Waals surface area contributed by atoms with Crippen molar-refractivity contribution in [3.63, 3.8) is 0 Å². The third-order valence-corrected chi connectivity index (χ3v) is 2.48. The molecule has 0 radical (unpaired) electrons.